The van der Waals surface area contributed by atoms with Gasteiger partial charge in [-0.3, -0.25) is 10.2 Å². The molecule has 0 aliphatic carbocycles. The Morgan fingerprint density at radius 3 is 2.41 bits per heavy atom. The Bertz CT molecular complexity index is 650. The lowest BCUT2D eigenvalue weighted by molar-refractivity contribution is 0.0856. The van der Waals surface area contributed by atoms with Crippen LogP contribution in [-0.4, -0.2) is 50.8 Å². The lowest BCUT2D eigenvalue weighted by Gasteiger charge is -2.26. The molecule has 1 aliphatic heterocycles. The highest BCUT2D eigenvalue weighted by molar-refractivity contribution is 7.89. The highest BCUT2D eigenvalue weighted by Crippen LogP contribution is 2.22. The Morgan fingerprint density at radius 1 is 1.18 bits per heavy atom. The Kier molecular flexibility index (Phi) is 5.20. The molecule has 22 heavy (non-hydrogen) atoms. The largest absolute Gasteiger partial charge is 0.285 e. The van der Waals surface area contributed by atoms with Crippen LogP contribution in [0.5, 0.6) is 0 Å². The molecule has 1 aliphatic rings. The molecule has 1 aromatic rings. The number of aryl methyl sites for hydroxylation is 1. The summed E-state index contributed by atoms with van der Waals surface area (Å²) in [6.45, 7) is 2.90. The van der Waals surface area contributed by atoms with E-state index in [4.69, 9.17) is 0 Å². The number of nitrogens with zero attached hydrogens (tertiary/aromatic N) is 2. The molecular formula is C15H23N3O3S. The predicted molar refractivity (Wildman–Crippen MR) is 84.9 cm³/mol. The van der Waals surface area contributed by atoms with Crippen LogP contribution in [-0.2, 0) is 10.0 Å². The number of carbonyl (C=O) groups excluding carboxylic acids is 1. The zero-order valence-electron chi connectivity index (χ0n) is 13.3. The van der Waals surface area contributed by atoms with Crippen molar-refractivity contribution >= 4 is 15.9 Å². The molecule has 0 aromatic heterocycles. The van der Waals surface area contributed by atoms with Crippen LogP contribution >= 0.6 is 0 Å². The van der Waals surface area contributed by atoms with Crippen molar-refractivity contribution in [1.82, 2.24) is 14.7 Å². The fraction of sp³-hybridized carbons (Fsp3) is 0.533. The maximum atomic E-state index is 12.7. The molecule has 1 N–H and O–H groups in total. The Morgan fingerprint density at radius 2 is 1.82 bits per heavy atom. The summed E-state index contributed by atoms with van der Waals surface area (Å²) in [6, 6.07) is 4.73. The topological polar surface area (TPSA) is 69.7 Å². The van der Waals surface area contributed by atoms with Gasteiger partial charge in [0.2, 0.25) is 10.0 Å². The number of piperidine rings is 1. The van der Waals surface area contributed by atoms with E-state index in [2.05, 4.69) is 5.43 Å². The van der Waals surface area contributed by atoms with Gasteiger partial charge in [-0.25, -0.2) is 13.4 Å². The number of hydrogen-bond donors (Lipinski definition) is 1. The van der Waals surface area contributed by atoms with Gasteiger partial charge in [-0.1, -0.05) is 12.5 Å². The summed E-state index contributed by atoms with van der Waals surface area (Å²) in [5.74, 6) is -0.307. The van der Waals surface area contributed by atoms with Crippen molar-refractivity contribution in [2.45, 2.75) is 31.1 Å². The zero-order chi connectivity index (χ0) is 16.3. The van der Waals surface area contributed by atoms with Crippen LogP contribution in [0, 0.1) is 6.92 Å². The molecule has 2 rings (SSSR count). The Labute approximate surface area is 132 Å². The van der Waals surface area contributed by atoms with Crippen LogP contribution in [0.2, 0.25) is 0 Å². The molecule has 1 saturated heterocycles. The minimum absolute atomic E-state index is 0.184. The van der Waals surface area contributed by atoms with Gasteiger partial charge in [0.05, 0.1) is 4.90 Å². The summed E-state index contributed by atoms with van der Waals surface area (Å²) in [4.78, 5) is 12.4. The second kappa shape index (κ2) is 6.76. The van der Waals surface area contributed by atoms with E-state index in [1.54, 1.807) is 33.2 Å². The minimum Gasteiger partial charge on any atom is -0.285 e. The molecule has 1 amide bonds. The third kappa shape index (κ3) is 3.66. The highest BCUT2D eigenvalue weighted by Gasteiger charge is 2.27. The van der Waals surface area contributed by atoms with E-state index in [1.165, 1.54) is 15.4 Å². The monoisotopic (exact) mass is 325 g/mol. The normalized spacial score (nSPS) is 16.7. The Hall–Kier alpha value is -1.44. The van der Waals surface area contributed by atoms with Crippen LogP contribution in [0.3, 0.4) is 0 Å². The molecule has 1 heterocycles. The van der Waals surface area contributed by atoms with E-state index in [9.17, 15) is 13.2 Å². The molecule has 0 saturated carbocycles. The second-order valence-electron chi connectivity index (χ2n) is 5.78. The van der Waals surface area contributed by atoms with Gasteiger partial charge in [0, 0.05) is 32.7 Å². The molecule has 6 nitrogen and oxygen atoms in total. The van der Waals surface area contributed by atoms with Crippen LogP contribution in [0.15, 0.2) is 23.1 Å². The van der Waals surface area contributed by atoms with E-state index < -0.39 is 10.0 Å². The van der Waals surface area contributed by atoms with Gasteiger partial charge in [-0.15, -0.1) is 0 Å². The average Bonchev–Trinajstić information content (AvgIpc) is 2.47. The number of amides is 1. The fourth-order valence-corrected chi connectivity index (χ4v) is 4.07. The van der Waals surface area contributed by atoms with E-state index in [0.717, 1.165) is 24.8 Å². The van der Waals surface area contributed by atoms with Crippen molar-refractivity contribution < 1.29 is 13.2 Å². The molecular weight excluding hydrogens is 302 g/mol. The van der Waals surface area contributed by atoms with Crippen molar-refractivity contribution in [2.75, 3.05) is 27.2 Å². The maximum absolute atomic E-state index is 12.7. The lowest BCUT2D eigenvalue weighted by atomic mass is 10.1. The average molecular weight is 325 g/mol. The minimum atomic E-state index is -3.52. The van der Waals surface area contributed by atoms with Crippen molar-refractivity contribution in [3.05, 3.63) is 29.3 Å². The van der Waals surface area contributed by atoms with Gasteiger partial charge in [0.25, 0.3) is 5.91 Å². The molecule has 0 spiro atoms. The Balaban J connectivity index is 2.34. The van der Waals surface area contributed by atoms with E-state index in [-0.39, 0.29) is 10.8 Å². The third-order valence-corrected chi connectivity index (χ3v) is 5.63. The van der Waals surface area contributed by atoms with Crippen LogP contribution in [0.4, 0.5) is 0 Å². The molecule has 1 aromatic carbocycles. The SMILES string of the molecule is Cc1ccc(S(=O)(=O)N2CCCCC2)cc1C(=O)NN(C)C. The summed E-state index contributed by atoms with van der Waals surface area (Å²) >= 11 is 0. The van der Waals surface area contributed by atoms with Crippen LogP contribution in [0.1, 0.15) is 35.2 Å². The summed E-state index contributed by atoms with van der Waals surface area (Å²) in [6.07, 6.45) is 2.84. The first-order valence-corrected chi connectivity index (χ1v) is 8.85. The standard InChI is InChI=1S/C15H23N3O3S/c1-12-7-8-13(11-14(12)15(19)16-17(2)3)22(20,21)18-9-5-4-6-10-18/h7-8,11H,4-6,9-10H2,1-3H3,(H,16,19). The second-order valence-corrected chi connectivity index (χ2v) is 7.71. The smallest absolute Gasteiger partial charge is 0.265 e. The summed E-state index contributed by atoms with van der Waals surface area (Å²) in [5, 5.41) is 1.54. The lowest BCUT2D eigenvalue weighted by Crippen LogP contribution is -2.37. The number of benzene rings is 1. The van der Waals surface area contributed by atoms with Crippen molar-refractivity contribution in [3.63, 3.8) is 0 Å². The van der Waals surface area contributed by atoms with Gasteiger partial charge in [-0.05, 0) is 37.5 Å². The third-order valence-electron chi connectivity index (χ3n) is 3.73. The number of hydrazine groups is 1. The number of sulfonamides is 1. The van der Waals surface area contributed by atoms with Gasteiger partial charge < -0.3 is 0 Å². The number of carbonyl (C=O) groups is 1. The molecule has 7 heteroatoms. The van der Waals surface area contributed by atoms with Crippen molar-refractivity contribution in [1.29, 1.82) is 0 Å². The first-order chi connectivity index (χ1) is 10.3. The van der Waals surface area contributed by atoms with Gasteiger partial charge in [0.15, 0.2) is 0 Å². The molecule has 0 bridgehead atoms. The number of hydrogen-bond acceptors (Lipinski definition) is 4. The molecule has 0 atom stereocenters. The molecule has 0 radical (unpaired) electrons. The molecule has 122 valence electrons. The van der Waals surface area contributed by atoms with E-state index >= 15 is 0 Å². The van der Waals surface area contributed by atoms with Gasteiger partial charge >= 0.3 is 0 Å². The van der Waals surface area contributed by atoms with Crippen molar-refractivity contribution in [2.24, 2.45) is 0 Å². The quantitative estimate of drug-likeness (QED) is 0.849. The van der Waals surface area contributed by atoms with Crippen molar-refractivity contribution in [3.8, 4) is 0 Å². The van der Waals surface area contributed by atoms with Gasteiger partial charge in [-0.2, -0.15) is 4.31 Å². The number of rotatable bonds is 4. The highest BCUT2D eigenvalue weighted by atomic mass is 32.2. The molecule has 0 unspecified atom stereocenters. The predicted octanol–water partition coefficient (Wildman–Crippen LogP) is 1.38. The maximum Gasteiger partial charge on any atom is 0.265 e. The van der Waals surface area contributed by atoms with E-state index in [0.29, 0.717) is 18.7 Å². The van der Waals surface area contributed by atoms with Crippen LogP contribution in [0.25, 0.3) is 0 Å². The van der Waals surface area contributed by atoms with Crippen LogP contribution < -0.4 is 5.43 Å². The molecule has 1 fully saturated rings. The number of nitrogens with one attached hydrogen (secondary N) is 1. The van der Waals surface area contributed by atoms with Gasteiger partial charge in [0.1, 0.15) is 0 Å². The first-order valence-electron chi connectivity index (χ1n) is 7.41. The summed E-state index contributed by atoms with van der Waals surface area (Å²) in [5.41, 5.74) is 3.77. The fourth-order valence-electron chi connectivity index (χ4n) is 2.52. The summed E-state index contributed by atoms with van der Waals surface area (Å²) < 4.78 is 26.9. The first kappa shape index (κ1) is 16.9. The zero-order valence-corrected chi connectivity index (χ0v) is 14.1. The van der Waals surface area contributed by atoms with E-state index in [1.807, 2.05) is 0 Å². The summed E-state index contributed by atoms with van der Waals surface area (Å²) in [7, 11) is -0.104.